The number of hydrogen-bond acceptors (Lipinski definition) is 1. The molecule has 9 rings (SSSR count). The maximum Gasteiger partial charge on any atom is 0.0780 e. The van der Waals surface area contributed by atoms with E-state index in [-0.39, 0.29) is 0 Å². The van der Waals surface area contributed by atoms with E-state index in [1.165, 1.54) is 70.9 Å². The molecule has 1 aromatic heterocycles. The summed E-state index contributed by atoms with van der Waals surface area (Å²) >= 11 is 0. The first-order valence-corrected chi connectivity index (χ1v) is 17.2. The van der Waals surface area contributed by atoms with Crippen LogP contribution in [0, 0.1) is 0 Å². The van der Waals surface area contributed by atoms with E-state index in [4.69, 9.17) is 4.98 Å². The van der Waals surface area contributed by atoms with E-state index in [0.717, 1.165) is 22.4 Å². The number of rotatable bonds is 5. The standard InChI is InChI=1S/C48H35N/c1-31(2)37-27-28-45(40-15-6-5-14-39(37)40)47-43-18-9-7-16-41(43)46(42-17-8-10-19-44(42)47)34-24-22-33(23-25-34)38-20-11-29-49-48(38)36-26-21-32-12-3-4-13-35(32)30-36/h3-31H,1-2H3. The van der Waals surface area contributed by atoms with Gasteiger partial charge in [-0.15, -0.1) is 0 Å². The van der Waals surface area contributed by atoms with Gasteiger partial charge in [-0.25, -0.2) is 0 Å². The molecule has 0 saturated carbocycles. The molecular weight excluding hydrogens is 591 g/mol. The summed E-state index contributed by atoms with van der Waals surface area (Å²) in [5, 5.41) is 10.2. The van der Waals surface area contributed by atoms with Crippen LogP contribution in [0.1, 0.15) is 25.3 Å². The number of aromatic nitrogens is 1. The van der Waals surface area contributed by atoms with Crippen LogP contribution >= 0.6 is 0 Å². The fourth-order valence-corrected chi connectivity index (χ4v) is 7.79. The van der Waals surface area contributed by atoms with Crippen molar-refractivity contribution in [1.29, 1.82) is 0 Å². The highest BCUT2D eigenvalue weighted by molar-refractivity contribution is 6.23. The van der Waals surface area contributed by atoms with Crippen LogP contribution in [0.5, 0.6) is 0 Å². The van der Waals surface area contributed by atoms with Gasteiger partial charge in [-0.2, -0.15) is 0 Å². The number of hydrogen-bond donors (Lipinski definition) is 0. The van der Waals surface area contributed by atoms with Gasteiger partial charge >= 0.3 is 0 Å². The Bertz CT molecular complexity index is 2620. The van der Waals surface area contributed by atoms with Gasteiger partial charge in [0.25, 0.3) is 0 Å². The fraction of sp³-hybridized carbons (Fsp3) is 0.0625. The molecule has 49 heavy (non-hydrogen) atoms. The highest BCUT2D eigenvalue weighted by Crippen LogP contribution is 2.46. The van der Waals surface area contributed by atoms with Crippen LogP contribution in [0.3, 0.4) is 0 Å². The normalized spacial score (nSPS) is 11.7. The molecule has 1 heteroatoms. The molecule has 0 atom stereocenters. The number of fused-ring (bicyclic) bond motifs is 4. The van der Waals surface area contributed by atoms with Gasteiger partial charge in [0.2, 0.25) is 0 Å². The smallest absolute Gasteiger partial charge is 0.0780 e. The van der Waals surface area contributed by atoms with Crippen molar-refractivity contribution in [1.82, 2.24) is 4.98 Å². The molecule has 0 spiro atoms. The van der Waals surface area contributed by atoms with Crippen molar-refractivity contribution in [3.8, 4) is 44.6 Å². The Morgan fingerprint density at radius 2 is 0.939 bits per heavy atom. The SMILES string of the molecule is CC(C)c1ccc(-c2c3ccccc3c(-c3ccc(-c4cccnc4-c4ccc5ccccc5c4)cc3)c3ccccc23)c2ccccc12. The second-order valence-corrected chi connectivity index (χ2v) is 13.3. The molecule has 0 fully saturated rings. The minimum absolute atomic E-state index is 0.452. The monoisotopic (exact) mass is 625 g/mol. The maximum atomic E-state index is 4.87. The molecule has 0 radical (unpaired) electrons. The van der Waals surface area contributed by atoms with E-state index in [1.54, 1.807) is 0 Å². The van der Waals surface area contributed by atoms with Gasteiger partial charge in [-0.05, 0) is 94.5 Å². The van der Waals surface area contributed by atoms with Gasteiger partial charge in [0.05, 0.1) is 5.69 Å². The summed E-state index contributed by atoms with van der Waals surface area (Å²) in [5.74, 6) is 0.452. The van der Waals surface area contributed by atoms with Gasteiger partial charge in [-0.1, -0.05) is 166 Å². The summed E-state index contributed by atoms with van der Waals surface area (Å²) in [4.78, 5) is 4.87. The lowest BCUT2D eigenvalue weighted by atomic mass is 9.83. The van der Waals surface area contributed by atoms with Gasteiger partial charge in [0, 0.05) is 17.3 Å². The first kappa shape index (κ1) is 29.1. The molecule has 0 aliphatic rings. The molecule has 0 saturated heterocycles. The van der Waals surface area contributed by atoms with Crippen LogP contribution in [0.15, 0.2) is 170 Å². The third-order valence-corrected chi connectivity index (χ3v) is 10.1. The minimum Gasteiger partial charge on any atom is -0.256 e. The Morgan fingerprint density at radius 1 is 0.388 bits per heavy atom. The van der Waals surface area contributed by atoms with Crippen LogP contribution in [-0.4, -0.2) is 4.98 Å². The largest absolute Gasteiger partial charge is 0.256 e. The molecule has 9 aromatic rings. The molecule has 1 heterocycles. The summed E-state index contributed by atoms with van der Waals surface area (Å²) in [7, 11) is 0. The Hall–Kier alpha value is -6.05. The Labute approximate surface area is 287 Å². The predicted molar refractivity (Wildman–Crippen MR) is 210 cm³/mol. The maximum absolute atomic E-state index is 4.87. The zero-order valence-corrected chi connectivity index (χ0v) is 27.7. The molecule has 0 amide bonds. The van der Waals surface area contributed by atoms with E-state index in [1.807, 2.05) is 12.3 Å². The van der Waals surface area contributed by atoms with Crippen molar-refractivity contribution < 1.29 is 0 Å². The van der Waals surface area contributed by atoms with Crippen LogP contribution in [0.25, 0.3) is 87.7 Å². The van der Waals surface area contributed by atoms with Crippen molar-refractivity contribution in [2.75, 3.05) is 0 Å². The van der Waals surface area contributed by atoms with Crippen LogP contribution < -0.4 is 0 Å². The zero-order valence-electron chi connectivity index (χ0n) is 27.7. The molecule has 232 valence electrons. The highest BCUT2D eigenvalue weighted by Gasteiger charge is 2.19. The molecule has 1 nitrogen and oxygen atoms in total. The van der Waals surface area contributed by atoms with Crippen molar-refractivity contribution in [3.05, 3.63) is 176 Å². The summed E-state index contributed by atoms with van der Waals surface area (Å²) in [6, 6.07) is 59.9. The molecule has 0 unspecified atom stereocenters. The summed E-state index contributed by atoms with van der Waals surface area (Å²) < 4.78 is 0. The van der Waals surface area contributed by atoms with Crippen molar-refractivity contribution in [3.63, 3.8) is 0 Å². The lowest BCUT2D eigenvalue weighted by Crippen LogP contribution is -1.94. The van der Waals surface area contributed by atoms with Crippen LogP contribution in [-0.2, 0) is 0 Å². The molecule has 0 aliphatic carbocycles. The molecule has 8 aromatic carbocycles. The Kier molecular flexibility index (Phi) is 7.06. The second-order valence-electron chi connectivity index (χ2n) is 13.3. The first-order chi connectivity index (χ1) is 24.2. The molecule has 0 N–H and O–H groups in total. The zero-order chi connectivity index (χ0) is 32.9. The van der Waals surface area contributed by atoms with Gasteiger partial charge in [0.1, 0.15) is 0 Å². The minimum atomic E-state index is 0.452. The molecule has 0 aliphatic heterocycles. The Balaban J connectivity index is 1.22. The number of nitrogens with zero attached hydrogens (tertiary/aromatic N) is 1. The topological polar surface area (TPSA) is 12.9 Å². The summed E-state index contributed by atoms with van der Waals surface area (Å²) in [5.41, 5.74) is 10.9. The number of pyridine rings is 1. The lowest BCUT2D eigenvalue weighted by Gasteiger charge is -2.20. The average Bonchev–Trinajstić information content (AvgIpc) is 3.16. The van der Waals surface area contributed by atoms with E-state index in [2.05, 4.69) is 172 Å². The molecule has 0 bridgehead atoms. The van der Waals surface area contributed by atoms with E-state index in [0.29, 0.717) is 5.92 Å². The quantitative estimate of drug-likeness (QED) is 0.173. The lowest BCUT2D eigenvalue weighted by molar-refractivity contribution is 0.876. The van der Waals surface area contributed by atoms with Crippen molar-refractivity contribution >= 4 is 43.1 Å². The van der Waals surface area contributed by atoms with Gasteiger partial charge in [0.15, 0.2) is 0 Å². The average molecular weight is 626 g/mol. The number of benzene rings is 8. The van der Waals surface area contributed by atoms with E-state index in [9.17, 15) is 0 Å². The third-order valence-electron chi connectivity index (χ3n) is 10.1. The molecular formula is C48H35N. The second kappa shape index (κ2) is 11.9. The van der Waals surface area contributed by atoms with Crippen molar-refractivity contribution in [2.45, 2.75) is 19.8 Å². The first-order valence-electron chi connectivity index (χ1n) is 17.2. The van der Waals surface area contributed by atoms with Gasteiger partial charge in [-0.3, -0.25) is 4.98 Å². The Morgan fingerprint density at radius 3 is 1.61 bits per heavy atom. The fourth-order valence-electron chi connectivity index (χ4n) is 7.79. The highest BCUT2D eigenvalue weighted by atomic mass is 14.7. The van der Waals surface area contributed by atoms with Gasteiger partial charge < -0.3 is 0 Å². The van der Waals surface area contributed by atoms with Crippen LogP contribution in [0.4, 0.5) is 0 Å². The summed E-state index contributed by atoms with van der Waals surface area (Å²) in [6.07, 6.45) is 1.89. The predicted octanol–water partition coefficient (Wildman–Crippen LogP) is 13.5. The van der Waals surface area contributed by atoms with E-state index >= 15 is 0 Å². The van der Waals surface area contributed by atoms with E-state index < -0.39 is 0 Å². The van der Waals surface area contributed by atoms with Crippen LogP contribution in [0.2, 0.25) is 0 Å². The summed E-state index contributed by atoms with van der Waals surface area (Å²) in [6.45, 7) is 4.57. The van der Waals surface area contributed by atoms with Crippen molar-refractivity contribution in [2.24, 2.45) is 0 Å². The third kappa shape index (κ3) is 4.90.